The molecule has 1 saturated heterocycles. The summed E-state index contributed by atoms with van der Waals surface area (Å²) < 4.78 is 27.0. The number of carbonyl (C=O) groups is 2. The van der Waals surface area contributed by atoms with E-state index in [9.17, 15) is 18.0 Å². The highest BCUT2D eigenvalue weighted by atomic mass is 32.2. The van der Waals surface area contributed by atoms with Crippen molar-refractivity contribution < 1.29 is 18.0 Å². The van der Waals surface area contributed by atoms with Gasteiger partial charge in [-0.2, -0.15) is 0 Å². The number of anilines is 2. The summed E-state index contributed by atoms with van der Waals surface area (Å²) in [7, 11) is -3.74. The number of nitrogens with zero attached hydrogens (tertiary/aromatic N) is 1. The molecule has 1 aliphatic rings. The van der Waals surface area contributed by atoms with Crippen LogP contribution in [-0.4, -0.2) is 39.7 Å². The molecule has 2 aromatic carbocycles. The van der Waals surface area contributed by atoms with Crippen LogP contribution in [0.1, 0.15) is 37.0 Å². The average molecular weight is 430 g/mol. The Bertz CT molecular complexity index is 1000. The lowest BCUT2D eigenvalue weighted by molar-refractivity contribution is -0.116. The molecule has 1 unspecified atom stereocenters. The lowest BCUT2D eigenvalue weighted by atomic mass is 10.2. The Balaban J connectivity index is 1.47. The van der Waals surface area contributed by atoms with Crippen LogP contribution in [-0.2, 0) is 14.8 Å². The van der Waals surface area contributed by atoms with Gasteiger partial charge in [0, 0.05) is 43.0 Å². The van der Waals surface area contributed by atoms with E-state index in [0.29, 0.717) is 17.2 Å². The largest absolute Gasteiger partial charge is 0.371 e. The van der Waals surface area contributed by atoms with Crippen LogP contribution < -0.4 is 14.9 Å². The van der Waals surface area contributed by atoms with Gasteiger partial charge in [-0.1, -0.05) is 19.1 Å². The van der Waals surface area contributed by atoms with Crippen molar-refractivity contribution >= 4 is 33.1 Å². The molecule has 2 N–H and O–H groups in total. The number of rotatable bonds is 8. The van der Waals surface area contributed by atoms with Crippen LogP contribution in [0.15, 0.2) is 53.4 Å². The van der Waals surface area contributed by atoms with E-state index in [4.69, 9.17) is 0 Å². The topological polar surface area (TPSA) is 95.6 Å². The molecule has 7 nitrogen and oxygen atoms in total. The molecule has 1 atom stereocenters. The second-order valence-electron chi connectivity index (χ2n) is 7.66. The Kier molecular flexibility index (Phi) is 6.89. The molecule has 30 heavy (non-hydrogen) atoms. The summed E-state index contributed by atoms with van der Waals surface area (Å²) in [5.41, 5.74) is 2.26. The van der Waals surface area contributed by atoms with Gasteiger partial charge in [-0.25, -0.2) is 13.1 Å². The van der Waals surface area contributed by atoms with E-state index in [2.05, 4.69) is 21.9 Å². The Hall–Kier alpha value is -2.71. The Morgan fingerprint density at radius 1 is 1.07 bits per heavy atom. The Morgan fingerprint density at radius 3 is 2.30 bits per heavy atom. The summed E-state index contributed by atoms with van der Waals surface area (Å²) >= 11 is 0. The minimum atomic E-state index is -3.74. The molecule has 0 radical (unpaired) electrons. The predicted molar refractivity (Wildman–Crippen MR) is 117 cm³/mol. The van der Waals surface area contributed by atoms with Gasteiger partial charge in [-0.05, 0) is 55.7 Å². The number of Topliss-reactive ketones (excluding diaryl/α,β-unsaturated/α-hetero) is 1. The second kappa shape index (κ2) is 9.40. The number of benzene rings is 2. The van der Waals surface area contributed by atoms with Gasteiger partial charge in [0.1, 0.15) is 0 Å². The molecule has 1 amide bonds. The van der Waals surface area contributed by atoms with Crippen molar-refractivity contribution in [1.82, 2.24) is 4.72 Å². The van der Waals surface area contributed by atoms with E-state index in [1.807, 2.05) is 24.3 Å². The SMILES string of the molecule is CC(=O)c1ccc(S(=O)(=O)NCCC(=O)Nc2ccc(N3CCC(C)C3)cc2)cc1. The molecule has 3 rings (SSSR count). The quantitative estimate of drug-likeness (QED) is 0.629. The molecule has 0 aromatic heterocycles. The maximum Gasteiger partial charge on any atom is 0.240 e. The zero-order valence-electron chi connectivity index (χ0n) is 17.2. The minimum absolute atomic E-state index is 0.0101. The molecule has 0 aliphatic carbocycles. The summed E-state index contributed by atoms with van der Waals surface area (Å²) in [6, 6.07) is 13.4. The van der Waals surface area contributed by atoms with E-state index < -0.39 is 10.0 Å². The highest BCUT2D eigenvalue weighted by Gasteiger charge is 2.19. The zero-order chi connectivity index (χ0) is 21.7. The Labute approximate surface area is 177 Å². The summed E-state index contributed by atoms with van der Waals surface area (Å²) in [5, 5.41) is 2.78. The van der Waals surface area contributed by atoms with Gasteiger partial charge in [0.05, 0.1) is 4.90 Å². The molecule has 0 bridgehead atoms. The summed E-state index contributed by atoms with van der Waals surface area (Å²) in [6.07, 6.45) is 1.20. The van der Waals surface area contributed by atoms with Gasteiger partial charge in [0.25, 0.3) is 0 Å². The lowest BCUT2D eigenvalue weighted by Crippen LogP contribution is -2.27. The molecule has 1 heterocycles. The van der Waals surface area contributed by atoms with Crippen molar-refractivity contribution in [3.8, 4) is 0 Å². The summed E-state index contributed by atoms with van der Waals surface area (Å²) in [6.45, 7) is 5.73. The van der Waals surface area contributed by atoms with Gasteiger partial charge in [0.2, 0.25) is 15.9 Å². The fourth-order valence-electron chi connectivity index (χ4n) is 3.40. The first-order valence-electron chi connectivity index (χ1n) is 10.00. The van der Waals surface area contributed by atoms with Gasteiger partial charge in [-0.3, -0.25) is 9.59 Å². The normalized spacial score (nSPS) is 16.5. The summed E-state index contributed by atoms with van der Waals surface area (Å²) in [5.74, 6) is 0.291. The number of amides is 1. The highest BCUT2D eigenvalue weighted by molar-refractivity contribution is 7.89. The molecule has 2 aromatic rings. The third-order valence-corrected chi connectivity index (χ3v) is 6.63. The highest BCUT2D eigenvalue weighted by Crippen LogP contribution is 2.24. The van der Waals surface area contributed by atoms with Gasteiger partial charge >= 0.3 is 0 Å². The monoisotopic (exact) mass is 429 g/mol. The van der Waals surface area contributed by atoms with Crippen LogP contribution in [0, 0.1) is 5.92 Å². The molecule has 8 heteroatoms. The molecule has 1 aliphatic heterocycles. The third-order valence-electron chi connectivity index (χ3n) is 5.16. The van der Waals surface area contributed by atoms with Crippen molar-refractivity contribution in [3.63, 3.8) is 0 Å². The average Bonchev–Trinajstić information content (AvgIpc) is 3.15. The van der Waals surface area contributed by atoms with Crippen molar-refractivity contribution in [1.29, 1.82) is 0 Å². The molecule has 1 fully saturated rings. The molecule has 160 valence electrons. The first-order valence-corrected chi connectivity index (χ1v) is 11.5. The number of carbonyl (C=O) groups excluding carboxylic acids is 2. The van der Waals surface area contributed by atoms with E-state index in [1.54, 1.807) is 0 Å². The fourth-order valence-corrected chi connectivity index (χ4v) is 4.43. The molecular formula is C22H27N3O4S. The smallest absolute Gasteiger partial charge is 0.240 e. The van der Waals surface area contributed by atoms with Crippen LogP contribution >= 0.6 is 0 Å². The molecular weight excluding hydrogens is 402 g/mol. The number of hydrogen-bond acceptors (Lipinski definition) is 5. The predicted octanol–water partition coefficient (Wildman–Crippen LogP) is 3.04. The van der Waals surface area contributed by atoms with Crippen molar-refractivity contribution in [2.24, 2.45) is 5.92 Å². The van der Waals surface area contributed by atoms with Gasteiger partial charge in [0.15, 0.2) is 5.78 Å². The van der Waals surface area contributed by atoms with Gasteiger partial charge in [-0.15, -0.1) is 0 Å². The van der Waals surface area contributed by atoms with E-state index in [1.165, 1.54) is 37.6 Å². The molecule has 0 saturated carbocycles. The number of ketones is 1. The summed E-state index contributed by atoms with van der Waals surface area (Å²) in [4.78, 5) is 25.8. The van der Waals surface area contributed by atoms with Crippen LogP contribution in [0.4, 0.5) is 11.4 Å². The molecule has 0 spiro atoms. The van der Waals surface area contributed by atoms with Crippen molar-refractivity contribution in [2.75, 3.05) is 29.9 Å². The van der Waals surface area contributed by atoms with Crippen LogP contribution in [0.3, 0.4) is 0 Å². The second-order valence-corrected chi connectivity index (χ2v) is 9.43. The standard InChI is InChI=1S/C22H27N3O4S/c1-16-12-14-25(15-16)20-7-5-19(6-8-20)24-22(27)11-13-23-30(28,29)21-9-3-18(4-10-21)17(2)26/h3-10,16,23H,11-15H2,1-2H3,(H,24,27). The van der Waals surface area contributed by atoms with Crippen LogP contribution in [0.2, 0.25) is 0 Å². The van der Waals surface area contributed by atoms with Crippen LogP contribution in [0.25, 0.3) is 0 Å². The lowest BCUT2D eigenvalue weighted by Gasteiger charge is -2.18. The fraction of sp³-hybridized carbons (Fsp3) is 0.364. The first-order chi connectivity index (χ1) is 14.2. The van der Waals surface area contributed by atoms with Gasteiger partial charge < -0.3 is 10.2 Å². The van der Waals surface area contributed by atoms with E-state index in [0.717, 1.165) is 18.8 Å². The van der Waals surface area contributed by atoms with E-state index >= 15 is 0 Å². The zero-order valence-corrected chi connectivity index (χ0v) is 18.0. The third kappa shape index (κ3) is 5.67. The maximum atomic E-state index is 12.3. The van der Waals surface area contributed by atoms with E-state index in [-0.39, 0.29) is 29.6 Å². The van der Waals surface area contributed by atoms with Crippen molar-refractivity contribution in [3.05, 3.63) is 54.1 Å². The number of sulfonamides is 1. The number of nitrogens with one attached hydrogen (secondary N) is 2. The number of hydrogen-bond donors (Lipinski definition) is 2. The van der Waals surface area contributed by atoms with Crippen LogP contribution in [0.5, 0.6) is 0 Å². The first kappa shape index (κ1) is 22.0. The Morgan fingerprint density at radius 2 is 1.73 bits per heavy atom. The maximum absolute atomic E-state index is 12.3. The van der Waals surface area contributed by atoms with Crippen molar-refractivity contribution in [2.45, 2.75) is 31.6 Å². The minimum Gasteiger partial charge on any atom is -0.371 e.